The van der Waals surface area contributed by atoms with Crippen LogP contribution in [-0.2, 0) is 13.6 Å². The number of aromatic nitrogens is 2. The fourth-order valence-corrected chi connectivity index (χ4v) is 1.77. The molecular weight excluding hydrogens is 202 g/mol. The smallest absolute Gasteiger partial charge is 0.0518 e. The molecule has 2 N–H and O–H groups in total. The maximum Gasteiger partial charge on any atom is 0.0518 e. The van der Waals surface area contributed by atoms with Gasteiger partial charge in [0.15, 0.2) is 0 Å². The highest BCUT2D eigenvalue weighted by Crippen LogP contribution is 2.21. The molecule has 16 heavy (non-hydrogen) atoms. The van der Waals surface area contributed by atoms with Crippen molar-refractivity contribution in [3.05, 3.63) is 18.0 Å². The van der Waals surface area contributed by atoms with Gasteiger partial charge in [-0.1, -0.05) is 20.8 Å². The van der Waals surface area contributed by atoms with Crippen LogP contribution in [-0.4, -0.2) is 27.5 Å². The van der Waals surface area contributed by atoms with Gasteiger partial charge in [-0.25, -0.2) is 0 Å². The molecule has 4 nitrogen and oxygen atoms in total. The first-order valence-electron chi connectivity index (χ1n) is 5.76. The van der Waals surface area contributed by atoms with Crippen LogP contribution < -0.4 is 5.32 Å². The molecule has 0 aliphatic rings. The van der Waals surface area contributed by atoms with Crippen molar-refractivity contribution >= 4 is 0 Å². The number of hydrogen-bond acceptors (Lipinski definition) is 3. The Morgan fingerprint density at radius 3 is 2.62 bits per heavy atom. The normalized spacial score (nSPS) is 14.1. The fraction of sp³-hybridized carbons (Fsp3) is 0.750. The Morgan fingerprint density at radius 2 is 2.19 bits per heavy atom. The van der Waals surface area contributed by atoms with Crippen molar-refractivity contribution in [3.8, 4) is 0 Å². The summed E-state index contributed by atoms with van der Waals surface area (Å²) >= 11 is 0. The summed E-state index contributed by atoms with van der Waals surface area (Å²) in [7, 11) is 1.94. The van der Waals surface area contributed by atoms with Gasteiger partial charge in [0.2, 0.25) is 0 Å². The molecule has 92 valence electrons. The maximum absolute atomic E-state index is 9.05. The number of aliphatic hydroxyl groups excluding tert-OH is 1. The molecule has 0 amide bonds. The lowest BCUT2D eigenvalue weighted by Crippen LogP contribution is -2.40. The van der Waals surface area contributed by atoms with E-state index in [0.717, 1.165) is 18.7 Å². The number of nitrogens with one attached hydrogen (secondary N) is 1. The van der Waals surface area contributed by atoms with E-state index in [4.69, 9.17) is 5.11 Å². The lowest BCUT2D eigenvalue weighted by atomic mass is 9.85. The second-order valence-electron chi connectivity index (χ2n) is 5.26. The SMILES string of the molecule is Cn1nccc1CNC(CCO)C(C)(C)C. The second-order valence-corrected chi connectivity index (χ2v) is 5.26. The van der Waals surface area contributed by atoms with Crippen molar-refractivity contribution in [2.24, 2.45) is 12.5 Å². The van der Waals surface area contributed by atoms with Crippen LogP contribution >= 0.6 is 0 Å². The van der Waals surface area contributed by atoms with Crippen LogP contribution in [0.15, 0.2) is 12.3 Å². The Balaban J connectivity index is 2.54. The zero-order chi connectivity index (χ0) is 12.2. The maximum atomic E-state index is 9.05. The minimum Gasteiger partial charge on any atom is -0.396 e. The number of rotatable bonds is 5. The quantitative estimate of drug-likeness (QED) is 0.794. The predicted octanol–water partition coefficient (Wildman–Crippen LogP) is 1.31. The van der Waals surface area contributed by atoms with Crippen LogP contribution in [0.5, 0.6) is 0 Å². The molecule has 0 aromatic carbocycles. The van der Waals surface area contributed by atoms with Gasteiger partial charge in [-0.05, 0) is 17.9 Å². The van der Waals surface area contributed by atoms with Crippen molar-refractivity contribution in [1.82, 2.24) is 15.1 Å². The Labute approximate surface area is 97.7 Å². The van der Waals surface area contributed by atoms with Crippen molar-refractivity contribution in [2.75, 3.05) is 6.61 Å². The molecular formula is C12H23N3O. The molecule has 0 aliphatic heterocycles. The number of hydrogen-bond donors (Lipinski definition) is 2. The molecule has 1 heterocycles. The van der Waals surface area contributed by atoms with Crippen LogP contribution in [0, 0.1) is 5.41 Å². The summed E-state index contributed by atoms with van der Waals surface area (Å²) in [6, 6.07) is 2.32. The Kier molecular flexibility index (Phi) is 4.50. The first-order valence-corrected chi connectivity index (χ1v) is 5.76. The largest absolute Gasteiger partial charge is 0.396 e. The average molecular weight is 225 g/mol. The Morgan fingerprint density at radius 1 is 1.50 bits per heavy atom. The molecule has 1 rings (SSSR count). The molecule has 0 aliphatic carbocycles. The lowest BCUT2D eigenvalue weighted by Gasteiger charge is -2.31. The third kappa shape index (κ3) is 3.61. The van der Waals surface area contributed by atoms with Crippen LogP contribution in [0.1, 0.15) is 32.9 Å². The topological polar surface area (TPSA) is 50.1 Å². The number of aryl methyl sites for hydroxylation is 1. The first kappa shape index (κ1) is 13.2. The van der Waals surface area contributed by atoms with Crippen molar-refractivity contribution in [1.29, 1.82) is 0 Å². The first-order chi connectivity index (χ1) is 7.45. The van der Waals surface area contributed by atoms with Gasteiger partial charge in [0.25, 0.3) is 0 Å². The van der Waals surface area contributed by atoms with Crippen molar-refractivity contribution in [3.63, 3.8) is 0 Å². The van der Waals surface area contributed by atoms with E-state index in [9.17, 15) is 0 Å². The number of aliphatic hydroxyl groups is 1. The third-order valence-electron chi connectivity index (χ3n) is 2.92. The molecule has 0 saturated carbocycles. The molecule has 0 bridgehead atoms. The highest BCUT2D eigenvalue weighted by atomic mass is 16.3. The minimum absolute atomic E-state index is 0.154. The van der Waals surface area contributed by atoms with Crippen LogP contribution in [0.4, 0.5) is 0 Å². The van der Waals surface area contributed by atoms with Gasteiger partial charge in [-0.2, -0.15) is 5.10 Å². The summed E-state index contributed by atoms with van der Waals surface area (Å²) in [4.78, 5) is 0. The Bertz CT molecular complexity index is 314. The molecule has 4 heteroatoms. The standard InChI is InChI=1S/C12H23N3O/c1-12(2,3)11(6-8-16)13-9-10-5-7-14-15(10)4/h5,7,11,13,16H,6,8-9H2,1-4H3. The van der Waals surface area contributed by atoms with Gasteiger partial charge in [-0.15, -0.1) is 0 Å². The van der Waals surface area contributed by atoms with E-state index in [1.165, 1.54) is 0 Å². The molecule has 1 aromatic heterocycles. The van der Waals surface area contributed by atoms with E-state index in [1.54, 1.807) is 6.20 Å². The van der Waals surface area contributed by atoms with Gasteiger partial charge in [0, 0.05) is 32.4 Å². The van der Waals surface area contributed by atoms with Crippen LogP contribution in [0.2, 0.25) is 0 Å². The lowest BCUT2D eigenvalue weighted by molar-refractivity contribution is 0.195. The van der Waals surface area contributed by atoms with Crippen LogP contribution in [0.25, 0.3) is 0 Å². The predicted molar refractivity (Wildman–Crippen MR) is 65.0 cm³/mol. The van der Waals surface area contributed by atoms with E-state index in [0.29, 0.717) is 6.04 Å². The van der Waals surface area contributed by atoms with E-state index in [1.807, 2.05) is 17.8 Å². The Hall–Kier alpha value is -0.870. The summed E-state index contributed by atoms with van der Waals surface area (Å²) in [5, 5.41) is 16.7. The highest BCUT2D eigenvalue weighted by Gasteiger charge is 2.23. The van der Waals surface area contributed by atoms with E-state index >= 15 is 0 Å². The molecule has 0 spiro atoms. The van der Waals surface area contributed by atoms with Gasteiger partial charge < -0.3 is 10.4 Å². The van der Waals surface area contributed by atoms with Gasteiger partial charge in [0.1, 0.15) is 0 Å². The minimum atomic E-state index is 0.154. The number of nitrogens with zero attached hydrogens (tertiary/aromatic N) is 2. The van der Waals surface area contributed by atoms with Gasteiger partial charge >= 0.3 is 0 Å². The van der Waals surface area contributed by atoms with E-state index in [-0.39, 0.29) is 12.0 Å². The molecule has 1 aromatic rings. The van der Waals surface area contributed by atoms with Gasteiger partial charge in [0.05, 0.1) is 5.69 Å². The van der Waals surface area contributed by atoms with E-state index < -0.39 is 0 Å². The van der Waals surface area contributed by atoms with Crippen LogP contribution in [0.3, 0.4) is 0 Å². The second kappa shape index (κ2) is 5.46. The molecule has 0 fully saturated rings. The van der Waals surface area contributed by atoms with Crippen molar-refractivity contribution in [2.45, 2.75) is 39.8 Å². The van der Waals surface area contributed by atoms with Crippen molar-refractivity contribution < 1.29 is 5.11 Å². The summed E-state index contributed by atoms with van der Waals surface area (Å²) in [5.41, 5.74) is 1.31. The summed E-state index contributed by atoms with van der Waals surface area (Å²) in [6.45, 7) is 7.56. The molecule has 0 radical (unpaired) electrons. The third-order valence-corrected chi connectivity index (χ3v) is 2.92. The molecule has 0 saturated heterocycles. The zero-order valence-corrected chi connectivity index (χ0v) is 10.7. The summed E-state index contributed by atoms with van der Waals surface area (Å²) in [6.07, 6.45) is 2.58. The van der Waals surface area contributed by atoms with Gasteiger partial charge in [-0.3, -0.25) is 4.68 Å². The summed E-state index contributed by atoms with van der Waals surface area (Å²) in [5.74, 6) is 0. The fourth-order valence-electron chi connectivity index (χ4n) is 1.77. The highest BCUT2D eigenvalue weighted by molar-refractivity contribution is 5.00. The van der Waals surface area contributed by atoms with E-state index in [2.05, 4.69) is 31.2 Å². The molecule has 1 atom stereocenters. The monoisotopic (exact) mass is 225 g/mol. The zero-order valence-electron chi connectivity index (χ0n) is 10.7. The molecule has 1 unspecified atom stereocenters. The average Bonchev–Trinajstić information content (AvgIpc) is 2.57. The summed E-state index contributed by atoms with van der Waals surface area (Å²) < 4.78 is 1.87.